The lowest BCUT2D eigenvalue weighted by molar-refractivity contribution is 0.406. The minimum atomic E-state index is -0.110. The first-order valence-corrected chi connectivity index (χ1v) is 31.0. The van der Waals surface area contributed by atoms with Gasteiger partial charge in [0.15, 0.2) is 0 Å². The van der Waals surface area contributed by atoms with Gasteiger partial charge in [0.2, 0.25) is 0 Å². The molecular weight excluding hydrogens is 1010 g/mol. The van der Waals surface area contributed by atoms with Gasteiger partial charge in [0.25, 0.3) is 0 Å². The van der Waals surface area contributed by atoms with Crippen LogP contribution in [0.25, 0.3) is 43.2 Å². The molecule has 7 aromatic carbocycles. The lowest BCUT2D eigenvalue weighted by atomic mass is 9.74. The normalized spacial score (nSPS) is 20.1. The quantitative estimate of drug-likeness (QED) is 0.135. The van der Waals surface area contributed by atoms with Crippen LogP contribution >= 0.6 is 11.3 Å². The van der Waals surface area contributed by atoms with Crippen molar-refractivity contribution in [1.29, 1.82) is 0 Å². The SMILES string of the molecule is CCC=CC=C1CC(C)(C)c2cc(N(C3=CC=C4c5ccccc5C(C)(C)C4C3)c3ccc(-c4sc(-c5ccc(N(c6ccc7c(c6)C(C)(C)C6=CC=CCC67)c6ccc7c(c6)C(C)(C)c6ccccc6-7)cc5)c(C)c4C)cc3)ccc21. The van der Waals surface area contributed by atoms with Crippen molar-refractivity contribution in [2.75, 3.05) is 9.80 Å². The maximum atomic E-state index is 2.57. The maximum absolute atomic E-state index is 2.57. The summed E-state index contributed by atoms with van der Waals surface area (Å²) in [5.41, 5.74) is 30.9. The molecule has 8 aromatic rings. The number of rotatable bonds is 10. The van der Waals surface area contributed by atoms with Gasteiger partial charge < -0.3 is 9.80 Å². The number of hydrogen-bond acceptors (Lipinski definition) is 3. The van der Waals surface area contributed by atoms with Gasteiger partial charge in [0, 0.05) is 60.6 Å². The van der Waals surface area contributed by atoms with Gasteiger partial charge >= 0.3 is 0 Å². The Kier molecular flexibility index (Phi) is 12.2. The van der Waals surface area contributed by atoms with E-state index in [0.29, 0.717) is 11.8 Å². The molecule has 0 spiro atoms. The molecule has 2 unspecified atom stereocenters. The average Bonchev–Trinajstić information content (AvgIpc) is 3.10. The number of allylic oxidation sites excluding steroid dienone is 12. The molecule has 0 fully saturated rings. The van der Waals surface area contributed by atoms with Crippen molar-refractivity contribution in [3.05, 3.63) is 267 Å². The summed E-state index contributed by atoms with van der Waals surface area (Å²) in [4.78, 5) is 7.73. The van der Waals surface area contributed by atoms with Gasteiger partial charge in [-0.2, -0.15) is 0 Å². The molecule has 3 heteroatoms. The Morgan fingerprint density at radius 2 is 1.11 bits per heavy atom. The van der Waals surface area contributed by atoms with E-state index in [1.165, 1.54) is 133 Å². The van der Waals surface area contributed by atoms with Gasteiger partial charge in [-0.15, -0.1) is 11.3 Å². The van der Waals surface area contributed by atoms with Crippen molar-refractivity contribution in [1.82, 2.24) is 0 Å². The smallest absolute Gasteiger partial charge is 0.0465 e. The second kappa shape index (κ2) is 19.2. The topological polar surface area (TPSA) is 6.48 Å². The largest absolute Gasteiger partial charge is 0.314 e. The summed E-state index contributed by atoms with van der Waals surface area (Å²) in [6.45, 7) is 26.2. The first-order chi connectivity index (χ1) is 39.4. The van der Waals surface area contributed by atoms with Crippen molar-refractivity contribution >= 4 is 50.9 Å². The molecule has 6 aliphatic carbocycles. The lowest BCUT2D eigenvalue weighted by Gasteiger charge is -2.36. The Bertz CT molecular complexity index is 4130. The Hall–Kier alpha value is -7.72. The first kappa shape index (κ1) is 52.4. The third-order valence-electron chi connectivity index (χ3n) is 20.2. The van der Waals surface area contributed by atoms with Crippen LogP contribution in [-0.2, 0) is 21.7 Å². The standard InChI is InChI=1S/C79H76N2S/c1-12-13-14-21-53-48-76(4,5)70-44-56(36-40-60(53)70)80(57-37-41-64-61-22-15-18-25-67(61)77(6,7)71(64)45-57)54-32-28-51(29-33-54)74-49(2)50(3)75(82-74)52-30-34-55(35-31-52)81(58-38-42-65-62-23-16-19-26-68(62)78(8,9)72(65)46-58)59-39-43-66-63-24-17-20-27-69(63)79(10,11)73(66)47-59/h13-23,25-44,46-47,63,71H,12,24,45,48H2,1-11H3. The van der Waals surface area contributed by atoms with Crippen LogP contribution in [0.15, 0.2) is 212 Å². The summed E-state index contributed by atoms with van der Waals surface area (Å²) in [5, 5.41) is 0. The Balaban J connectivity index is 0.815. The lowest BCUT2D eigenvalue weighted by Crippen LogP contribution is -2.29. The number of anilines is 5. The van der Waals surface area contributed by atoms with Crippen LogP contribution in [0.2, 0.25) is 0 Å². The second-order valence-electron chi connectivity index (χ2n) is 26.5. The highest BCUT2D eigenvalue weighted by molar-refractivity contribution is 7.19. The highest BCUT2D eigenvalue weighted by Crippen LogP contribution is 2.58. The number of hydrogen-bond donors (Lipinski definition) is 0. The predicted octanol–water partition coefficient (Wildman–Crippen LogP) is 22.2. The molecule has 1 heterocycles. The van der Waals surface area contributed by atoms with Gasteiger partial charge in [-0.3, -0.25) is 0 Å². The second-order valence-corrected chi connectivity index (χ2v) is 27.6. The van der Waals surface area contributed by atoms with Crippen molar-refractivity contribution < 1.29 is 0 Å². The summed E-state index contributed by atoms with van der Waals surface area (Å²) in [6.07, 6.45) is 22.8. The van der Waals surface area contributed by atoms with E-state index in [0.717, 1.165) is 31.4 Å². The zero-order valence-electron chi connectivity index (χ0n) is 49.8. The summed E-state index contributed by atoms with van der Waals surface area (Å²) < 4.78 is 0. The fourth-order valence-electron chi connectivity index (χ4n) is 15.6. The molecule has 82 heavy (non-hydrogen) atoms. The summed E-state index contributed by atoms with van der Waals surface area (Å²) in [5.74, 6) is 0.837. The third-order valence-corrected chi connectivity index (χ3v) is 21.7. The fraction of sp³-hybridized carbons (Fsp3) is 0.266. The molecule has 0 bridgehead atoms. The fourth-order valence-corrected chi connectivity index (χ4v) is 16.9. The van der Waals surface area contributed by atoms with E-state index >= 15 is 0 Å². The molecule has 2 nitrogen and oxygen atoms in total. The molecule has 0 aliphatic heterocycles. The molecule has 0 saturated carbocycles. The van der Waals surface area contributed by atoms with Crippen LogP contribution in [0.4, 0.5) is 28.4 Å². The van der Waals surface area contributed by atoms with E-state index in [-0.39, 0.29) is 21.7 Å². The van der Waals surface area contributed by atoms with Crippen molar-refractivity contribution in [3.63, 3.8) is 0 Å². The predicted molar refractivity (Wildman–Crippen MR) is 352 cm³/mol. The van der Waals surface area contributed by atoms with Crippen molar-refractivity contribution in [3.8, 4) is 32.0 Å². The number of thiophene rings is 1. The third kappa shape index (κ3) is 8.07. The summed E-state index contributed by atoms with van der Waals surface area (Å²) in [6, 6.07) is 58.8. The molecule has 1 aromatic heterocycles. The Labute approximate surface area is 492 Å². The van der Waals surface area contributed by atoms with Gasteiger partial charge in [-0.05, 0) is 212 Å². The Morgan fingerprint density at radius 3 is 1.80 bits per heavy atom. The van der Waals surface area contributed by atoms with Crippen molar-refractivity contribution in [2.45, 2.75) is 129 Å². The van der Waals surface area contributed by atoms with Gasteiger partial charge in [0.1, 0.15) is 0 Å². The molecule has 0 saturated heterocycles. The minimum absolute atomic E-state index is 0.0248. The highest BCUT2D eigenvalue weighted by Gasteiger charge is 2.46. The van der Waals surface area contributed by atoms with Gasteiger partial charge in [-0.25, -0.2) is 0 Å². The van der Waals surface area contributed by atoms with Crippen LogP contribution < -0.4 is 9.80 Å². The molecule has 0 amide bonds. The van der Waals surface area contributed by atoms with E-state index in [1.807, 2.05) is 11.3 Å². The van der Waals surface area contributed by atoms with E-state index in [1.54, 1.807) is 0 Å². The summed E-state index contributed by atoms with van der Waals surface area (Å²) >= 11 is 1.93. The van der Waals surface area contributed by atoms with Gasteiger partial charge in [0.05, 0.1) is 0 Å². The van der Waals surface area contributed by atoms with Crippen LogP contribution in [0.3, 0.4) is 0 Å². The number of nitrogens with zero attached hydrogens (tertiary/aromatic N) is 2. The maximum Gasteiger partial charge on any atom is 0.0465 e. The average molecular weight is 1090 g/mol. The monoisotopic (exact) mass is 1080 g/mol. The molecule has 0 radical (unpaired) electrons. The van der Waals surface area contributed by atoms with E-state index in [9.17, 15) is 0 Å². The highest BCUT2D eigenvalue weighted by atomic mass is 32.1. The van der Waals surface area contributed by atoms with E-state index < -0.39 is 0 Å². The number of benzene rings is 7. The van der Waals surface area contributed by atoms with E-state index in [2.05, 4.69) is 286 Å². The Morgan fingerprint density at radius 1 is 0.537 bits per heavy atom. The molecule has 14 rings (SSSR count). The molecule has 408 valence electrons. The van der Waals surface area contributed by atoms with Crippen LogP contribution in [0.1, 0.15) is 150 Å². The first-order valence-electron chi connectivity index (χ1n) is 30.1. The molecule has 6 aliphatic rings. The zero-order chi connectivity index (χ0) is 56.6. The van der Waals surface area contributed by atoms with E-state index in [4.69, 9.17) is 0 Å². The number of fused-ring (bicyclic) bond motifs is 10. The molecule has 0 N–H and O–H groups in total. The zero-order valence-corrected chi connectivity index (χ0v) is 50.7. The van der Waals surface area contributed by atoms with Crippen LogP contribution in [0, 0.1) is 19.8 Å². The minimum Gasteiger partial charge on any atom is -0.314 e. The molecular formula is C79H76N2S. The van der Waals surface area contributed by atoms with Crippen LogP contribution in [0.5, 0.6) is 0 Å². The van der Waals surface area contributed by atoms with Crippen LogP contribution in [-0.4, -0.2) is 0 Å². The summed E-state index contributed by atoms with van der Waals surface area (Å²) in [7, 11) is 0. The van der Waals surface area contributed by atoms with Crippen molar-refractivity contribution in [2.24, 2.45) is 5.92 Å². The molecule has 2 atom stereocenters. The van der Waals surface area contributed by atoms with Gasteiger partial charge in [-0.1, -0.05) is 201 Å².